The Morgan fingerprint density at radius 3 is 2.43 bits per heavy atom. The molecule has 1 aromatic rings. The van der Waals surface area contributed by atoms with E-state index in [1.807, 2.05) is 32.9 Å². The van der Waals surface area contributed by atoms with Gasteiger partial charge in [-0.05, 0) is 17.9 Å². The lowest BCUT2D eigenvalue weighted by Crippen LogP contribution is -1.97. The number of hydrogen-bond acceptors (Lipinski definition) is 2. The molecule has 0 fully saturated rings. The summed E-state index contributed by atoms with van der Waals surface area (Å²) in [5, 5.41) is 8.78. The smallest absolute Gasteiger partial charge is 0.336 e. The first-order valence-electron chi connectivity index (χ1n) is 4.70. The average Bonchev–Trinajstić information content (AvgIpc) is 2.22. The minimum Gasteiger partial charge on any atom is -0.478 e. The second-order valence-corrected chi connectivity index (χ2v) is 3.54. The normalized spacial score (nSPS) is 8.79. The van der Waals surface area contributed by atoms with E-state index in [0.29, 0.717) is 5.56 Å². The summed E-state index contributed by atoms with van der Waals surface area (Å²) in [6.45, 7) is 6.00. The van der Waals surface area contributed by atoms with E-state index in [9.17, 15) is 4.79 Å². The first-order valence-corrected chi connectivity index (χ1v) is 5.69. The number of aromatic carboxylic acids is 1. The van der Waals surface area contributed by atoms with Crippen LogP contribution in [-0.4, -0.2) is 16.8 Å². The van der Waals surface area contributed by atoms with Gasteiger partial charge in [0.2, 0.25) is 0 Å². The van der Waals surface area contributed by atoms with Crippen LogP contribution in [0.3, 0.4) is 0 Å². The van der Waals surface area contributed by atoms with Gasteiger partial charge in [-0.2, -0.15) is 0 Å². The van der Waals surface area contributed by atoms with Gasteiger partial charge in [0, 0.05) is 4.90 Å². The molecule has 3 heteroatoms. The Hall–Kier alpha value is -0.960. The summed E-state index contributed by atoms with van der Waals surface area (Å²) in [5.41, 5.74) is 0.393. The molecule has 0 spiro atoms. The summed E-state index contributed by atoms with van der Waals surface area (Å²) in [6, 6.07) is 7.05. The number of carbonyl (C=O) groups is 1. The predicted molar refractivity (Wildman–Crippen MR) is 61.1 cm³/mol. The van der Waals surface area contributed by atoms with Crippen molar-refractivity contribution < 1.29 is 9.90 Å². The third-order valence-electron chi connectivity index (χ3n) is 1.42. The molecular weight excluding hydrogens is 196 g/mol. The average molecular weight is 212 g/mol. The first kappa shape index (κ1) is 13.0. The lowest BCUT2D eigenvalue weighted by atomic mass is 10.2. The molecule has 0 radical (unpaired) electrons. The Labute approximate surface area is 89.3 Å². The Morgan fingerprint density at radius 2 is 1.93 bits per heavy atom. The molecule has 0 aliphatic rings. The monoisotopic (exact) mass is 212 g/mol. The number of hydrogen-bond donors (Lipinski definition) is 1. The molecule has 0 unspecified atom stereocenters. The van der Waals surface area contributed by atoms with Gasteiger partial charge in [-0.25, -0.2) is 4.79 Å². The van der Waals surface area contributed by atoms with Crippen LogP contribution in [0.25, 0.3) is 0 Å². The lowest BCUT2D eigenvalue weighted by molar-refractivity contribution is 0.0693. The SMILES string of the molecule is CC.CCSc1ccccc1C(=O)O. The van der Waals surface area contributed by atoms with Gasteiger partial charge in [-0.1, -0.05) is 32.9 Å². The molecule has 14 heavy (non-hydrogen) atoms. The number of carboxylic acid groups (broad SMARTS) is 1. The maximum atomic E-state index is 10.7. The fourth-order valence-electron chi connectivity index (χ4n) is 0.925. The zero-order chi connectivity index (χ0) is 11.0. The molecule has 0 saturated heterocycles. The summed E-state index contributed by atoms with van der Waals surface area (Å²) in [6.07, 6.45) is 0. The molecule has 2 nitrogen and oxygen atoms in total. The number of rotatable bonds is 3. The van der Waals surface area contributed by atoms with Crippen molar-refractivity contribution in [2.24, 2.45) is 0 Å². The van der Waals surface area contributed by atoms with Crippen molar-refractivity contribution in [3.8, 4) is 0 Å². The highest BCUT2D eigenvalue weighted by Gasteiger charge is 2.07. The molecule has 1 rings (SSSR count). The summed E-state index contributed by atoms with van der Waals surface area (Å²) >= 11 is 1.55. The van der Waals surface area contributed by atoms with Crippen LogP contribution < -0.4 is 0 Å². The second-order valence-electron chi connectivity index (χ2n) is 2.23. The van der Waals surface area contributed by atoms with Gasteiger partial charge in [-0.3, -0.25) is 0 Å². The van der Waals surface area contributed by atoms with Crippen molar-refractivity contribution in [1.82, 2.24) is 0 Å². The van der Waals surface area contributed by atoms with Crippen LogP contribution in [0.1, 0.15) is 31.1 Å². The lowest BCUT2D eigenvalue weighted by Gasteiger charge is -2.01. The molecule has 0 heterocycles. The highest BCUT2D eigenvalue weighted by molar-refractivity contribution is 7.99. The summed E-state index contributed by atoms with van der Waals surface area (Å²) in [7, 11) is 0. The Kier molecular flexibility index (Phi) is 6.93. The van der Waals surface area contributed by atoms with E-state index >= 15 is 0 Å². The van der Waals surface area contributed by atoms with Gasteiger partial charge < -0.3 is 5.11 Å². The van der Waals surface area contributed by atoms with Crippen LogP contribution in [-0.2, 0) is 0 Å². The Bertz CT molecular complexity index is 284. The molecule has 1 aromatic carbocycles. The van der Waals surface area contributed by atoms with Crippen LogP contribution in [0.15, 0.2) is 29.2 Å². The molecule has 0 amide bonds. The van der Waals surface area contributed by atoms with Crippen LogP contribution in [0.4, 0.5) is 0 Å². The molecule has 0 aliphatic heterocycles. The minimum atomic E-state index is -0.855. The third-order valence-corrected chi connectivity index (χ3v) is 2.37. The van der Waals surface area contributed by atoms with Crippen molar-refractivity contribution in [2.75, 3.05) is 5.75 Å². The third kappa shape index (κ3) is 3.83. The maximum Gasteiger partial charge on any atom is 0.336 e. The molecule has 78 valence electrons. The van der Waals surface area contributed by atoms with Crippen molar-refractivity contribution in [1.29, 1.82) is 0 Å². The van der Waals surface area contributed by atoms with Crippen LogP contribution in [0.2, 0.25) is 0 Å². The van der Waals surface area contributed by atoms with E-state index in [-0.39, 0.29) is 0 Å². The summed E-state index contributed by atoms with van der Waals surface area (Å²) < 4.78 is 0. The highest BCUT2D eigenvalue weighted by atomic mass is 32.2. The van der Waals surface area contributed by atoms with E-state index in [2.05, 4.69) is 0 Å². The minimum absolute atomic E-state index is 0.393. The zero-order valence-corrected chi connectivity index (χ0v) is 9.60. The summed E-state index contributed by atoms with van der Waals surface area (Å²) in [4.78, 5) is 11.5. The molecule has 1 N–H and O–H groups in total. The van der Waals surface area contributed by atoms with Crippen molar-refractivity contribution in [3.05, 3.63) is 29.8 Å². The second kappa shape index (κ2) is 7.44. The first-order chi connectivity index (χ1) is 6.75. The molecule has 0 atom stereocenters. The van der Waals surface area contributed by atoms with Crippen molar-refractivity contribution in [3.63, 3.8) is 0 Å². The van der Waals surface area contributed by atoms with Gasteiger partial charge in [0.15, 0.2) is 0 Å². The van der Waals surface area contributed by atoms with Gasteiger partial charge in [0.1, 0.15) is 0 Å². The van der Waals surface area contributed by atoms with Gasteiger partial charge in [0.25, 0.3) is 0 Å². The van der Waals surface area contributed by atoms with Gasteiger partial charge in [-0.15, -0.1) is 11.8 Å². The van der Waals surface area contributed by atoms with Crippen LogP contribution >= 0.6 is 11.8 Å². The zero-order valence-electron chi connectivity index (χ0n) is 8.78. The number of carboxylic acids is 1. The van der Waals surface area contributed by atoms with Gasteiger partial charge >= 0.3 is 5.97 Å². The predicted octanol–water partition coefficient (Wildman–Crippen LogP) is 3.52. The van der Waals surface area contributed by atoms with E-state index in [1.54, 1.807) is 23.9 Å². The fourth-order valence-corrected chi connectivity index (χ4v) is 1.72. The number of thioether (sulfide) groups is 1. The molecule has 0 saturated carbocycles. The standard InChI is InChI=1S/C9H10O2S.C2H6/c1-2-12-8-6-4-3-5-7(8)9(10)11;1-2/h3-6H,2H2,1H3,(H,10,11);1-2H3. The van der Waals surface area contributed by atoms with E-state index < -0.39 is 5.97 Å². The van der Waals surface area contributed by atoms with E-state index in [0.717, 1.165) is 10.6 Å². The largest absolute Gasteiger partial charge is 0.478 e. The molecule has 0 aliphatic carbocycles. The molecular formula is C11H16O2S. The molecule has 0 aromatic heterocycles. The van der Waals surface area contributed by atoms with Gasteiger partial charge in [0.05, 0.1) is 5.56 Å². The van der Waals surface area contributed by atoms with E-state index in [4.69, 9.17) is 5.11 Å². The maximum absolute atomic E-state index is 10.7. The quantitative estimate of drug-likeness (QED) is 0.779. The summed E-state index contributed by atoms with van der Waals surface area (Å²) in [5.74, 6) is 0.0381. The van der Waals surface area contributed by atoms with Crippen molar-refractivity contribution in [2.45, 2.75) is 25.7 Å². The van der Waals surface area contributed by atoms with Crippen LogP contribution in [0.5, 0.6) is 0 Å². The Balaban J connectivity index is 0.000000791. The Morgan fingerprint density at radius 1 is 1.36 bits per heavy atom. The topological polar surface area (TPSA) is 37.3 Å². The highest BCUT2D eigenvalue weighted by Crippen LogP contribution is 2.21. The molecule has 0 bridgehead atoms. The fraction of sp³-hybridized carbons (Fsp3) is 0.364. The van der Waals surface area contributed by atoms with E-state index in [1.165, 1.54) is 0 Å². The van der Waals surface area contributed by atoms with Crippen molar-refractivity contribution >= 4 is 17.7 Å². The van der Waals surface area contributed by atoms with Crippen LogP contribution in [0, 0.1) is 0 Å². The number of benzene rings is 1.